The maximum absolute atomic E-state index is 11.6. The highest BCUT2D eigenvalue weighted by molar-refractivity contribution is 5.68. The third-order valence-corrected chi connectivity index (χ3v) is 2.63. The lowest BCUT2D eigenvalue weighted by Gasteiger charge is -2.22. The van der Waals surface area contributed by atoms with E-state index in [9.17, 15) is 4.79 Å². The number of hydrogen-bond acceptors (Lipinski definition) is 4. The van der Waals surface area contributed by atoms with Gasteiger partial charge in [-0.05, 0) is 45.4 Å². The monoisotopic (exact) mass is 289 g/mol. The summed E-state index contributed by atoms with van der Waals surface area (Å²) in [7, 11) is 0. The van der Waals surface area contributed by atoms with Crippen molar-refractivity contribution >= 4 is 6.09 Å². The zero-order valence-electron chi connectivity index (χ0n) is 13.1. The Morgan fingerprint density at radius 3 is 2.48 bits per heavy atom. The van der Waals surface area contributed by atoms with E-state index in [-0.39, 0.29) is 6.04 Å². The summed E-state index contributed by atoms with van der Waals surface area (Å²) in [6.07, 6.45) is -0.407. The number of ether oxygens (including phenoxy) is 1. The zero-order chi connectivity index (χ0) is 15.9. The lowest BCUT2D eigenvalue weighted by Crippen LogP contribution is -2.42. The van der Waals surface area contributed by atoms with Crippen molar-refractivity contribution in [1.82, 2.24) is 10.6 Å². The minimum atomic E-state index is -0.486. The van der Waals surface area contributed by atoms with Gasteiger partial charge in [-0.25, -0.2) is 4.79 Å². The molecule has 0 fully saturated rings. The lowest BCUT2D eigenvalue weighted by molar-refractivity contribution is 0.0508. The molecule has 0 spiro atoms. The Morgan fingerprint density at radius 1 is 1.33 bits per heavy atom. The van der Waals surface area contributed by atoms with Gasteiger partial charge in [0.2, 0.25) is 0 Å². The van der Waals surface area contributed by atoms with Crippen molar-refractivity contribution in [3.05, 3.63) is 35.4 Å². The minimum absolute atomic E-state index is 0.0294. The molecule has 0 heterocycles. The van der Waals surface area contributed by atoms with Gasteiger partial charge in [0.1, 0.15) is 5.60 Å². The van der Waals surface area contributed by atoms with E-state index >= 15 is 0 Å². The Morgan fingerprint density at radius 2 is 1.95 bits per heavy atom. The van der Waals surface area contributed by atoms with Gasteiger partial charge < -0.3 is 15.4 Å². The van der Waals surface area contributed by atoms with E-state index in [0.717, 1.165) is 5.56 Å². The number of hydrogen-bond donors (Lipinski definition) is 2. The summed E-state index contributed by atoms with van der Waals surface area (Å²) in [6, 6.07) is 9.47. The lowest BCUT2D eigenvalue weighted by atomic mass is 10.1. The second kappa shape index (κ2) is 7.65. The van der Waals surface area contributed by atoms with Crippen molar-refractivity contribution in [3.63, 3.8) is 0 Å². The van der Waals surface area contributed by atoms with Gasteiger partial charge in [0.05, 0.1) is 11.6 Å². The topological polar surface area (TPSA) is 74.2 Å². The molecule has 0 bridgehead atoms. The maximum atomic E-state index is 11.6. The van der Waals surface area contributed by atoms with Crippen LogP contribution in [-0.2, 0) is 11.3 Å². The van der Waals surface area contributed by atoms with Crippen LogP contribution < -0.4 is 10.6 Å². The molecule has 0 aliphatic rings. The third kappa shape index (κ3) is 7.33. The number of alkyl carbamates (subject to hydrolysis) is 1. The molecule has 1 unspecified atom stereocenters. The fourth-order valence-corrected chi connectivity index (χ4v) is 1.69. The molecule has 0 aliphatic carbocycles. The van der Waals surface area contributed by atoms with E-state index in [4.69, 9.17) is 10.00 Å². The zero-order valence-corrected chi connectivity index (χ0v) is 13.1. The number of amides is 1. The quantitative estimate of drug-likeness (QED) is 0.873. The van der Waals surface area contributed by atoms with Crippen LogP contribution in [0.3, 0.4) is 0 Å². The summed E-state index contributed by atoms with van der Waals surface area (Å²) >= 11 is 0. The van der Waals surface area contributed by atoms with Gasteiger partial charge in [0.15, 0.2) is 0 Å². The highest BCUT2D eigenvalue weighted by Gasteiger charge is 2.17. The molecule has 1 aromatic carbocycles. The van der Waals surface area contributed by atoms with Gasteiger partial charge in [-0.3, -0.25) is 0 Å². The molecular weight excluding hydrogens is 266 g/mol. The Kier molecular flexibility index (Phi) is 6.19. The van der Waals surface area contributed by atoms with Crippen LogP contribution in [0.2, 0.25) is 0 Å². The predicted octanol–water partition coefficient (Wildman–Crippen LogP) is 2.56. The van der Waals surface area contributed by atoms with Crippen LogP contribution in [0, 0.1) is 11.3 Å². The number of carbonyl (C=O) groups excluding carboxylic acids is 1. The maximum Gasteiger partial charge on any atom is 0.407 e. The molecule has 1 rings (SSSR count). The standard InChI is InChI=1S/C16H23N3O2/c1-12(19-15(20)21-16(2,3)4)10-18-11-14-7-5-13(9-17)6-8-14/h5-8,12,18H,10-11H2,1-4H3,(H,19,20). The first kappa shape index (κ1) is 17.0. The van der Waals surface area contributed by atoms with Crippen LogP contribution in [0.15, 0.2) is 24.3 Å². The van der Waals surface area contributed by atoms with Gasteiger partial charge >= 0.3 is 6.09 Å². The Labute approximate surface area is 126 Å². The van der Waals surface area contributed by atoms with Crippen molar-refractivity contribution in [2.75, 3.05) is 6.54 Å². The fourth-order valence-electron chi connectivity index (χ4n) is 1.69. The SMILES string of the molecule is CC(CNCc1ccc(C#N)cc1)NC(=O)OC(C)(C)C. The van der Waals surface area contributed by atoms with Crippen LogP contribution in [0.4, 0.5) is 4.79 Å². The van der Waals surface area contributed by atoms with Gasteiger partial charge in [0.25, 0.3) is 0 Å². The summed E-state index contributed by atoms with van der Waals surface area (Å²) in [5.74, 6) is 0. The molecule has 0 radical (unpaired) electrons. The van der Waals surface area contributed by atoms with Gasteiger partial charge in [-0.1, -0.05) is 12.1 Å². The Hall–Kier alpha value is -2.06. The van der Waals surface area contributed by atoms with E-state index in [1.807, 2.05) is 39.8 Å². The second-order valence-electron chi connectivity index (χ2n) is 5.99. The summed E-state index contributed by atoms with van der Waals surface area (Å²) < 4.78 is 5.19. The Balaban J connectivity index is 2.28. The Bertz CT molecular complexity index is 498. The molecule has 1 aromatic rings. The number of nitrogens with zero attached hydrogens (tertiary/aromatic N) is 1. The van der Waals surface area contributed by atoms with Crippen molar-refractivity contribution in [1.29, 1.82) is 5.26 Å². The number of rotatable bonds is 5. The molecule has 114 valence electrons. The van der Waals surface area contributed by atoms with Gasteiger partial charge in [-0.2, -0.15) is 5.26 Å². The normalized spacial score (nSPS) is 12.3. The summed E-state index contributed by atoms with van der Waals surface area (Å²) in [6.45, 7) is 8.74. The highest BCUT2D eigenvalue weighted by Crippen LogP contribution is 2.06. The second-order valence-corrected chi connectivity index (χ2v) is 5.99. The molecule has 1 atom stereocenters. The largest absolute Gasteiger partial charge is 0.444 e. The van der Waals surface area contributed by atoms with E-state index < -0.39 is 11.7 Å². The van der Waals surface area contributed by atoms with Gasteiger partial charge in [0, 0.05) is 19.1 Å². The first-order valence-corrected chi connectivity index (χ1v) is 6.99. The molecule has 0 aliphatic heterocycles. The van der Waals surface area contributed by atoms with E-state index in [2.05, 4.69) is 16.7 Å². The van der Waals surface area contributed by atoms with Gasteiger partial charge in [-0.15, -0.1) is 0 Å². The number of benzene rings is 1. The van der Waals surface area contributed by atoms with Crippen molar-refractivity contribution in [3.8, 4) is 6.07 Å². The van der Waals surface area contributed by atoms with Crippen LogP contribution in [0.25, 0.3) is 0 Å². The molecule has 5 nitrogen and oxygen atoms in total. The number of nitriles is 1. The average Bonchev–Trinajstić information content (AvgIpc) is 2.37. The van der Waals surface area contributed by atoms with E-state index in [0.29, 0.717) is 18.7 Å². The molecule has 1 amide bonds. The van der Waals surface area contributed by atoms with Crippen molar-refractivity contribution < 1.29 is 9.53 Å². The molecular formula is C16H23N3O2. The summed E-state index contributed by atoms with van der Waals surface area (Å²) in [4.78, 5) is 11.6. The van der Waals surface area contributed by atoms with Crippen LogP contribution in [0.1, 0.15) is 38.8 Å². The van der Waals surface area contributed by atoms with Crippen LogP contribution in [-0.4, -0.2) is 24.3 Å². The number of nitrogens with one attached hydrogen (secondary N) is 2. The molecule has 0 saturated carbocycles. The summed E-state index contributed by atoms with van der Waals surface area (Å²) in [5.41, 5.74) is 1.26. The third-order valence-electron chi connectivity index (χ3n) is 2.63. The minimum Gasteiger partial charge on any atom is -0.444 e. The first-order chi connectivity index (χ1) is 9.80. The smallest absolute Gasteiger partial charge is 0.407 e. The molecule has 21 heavy (non-hydrogen) atoms. The van der Waals surface area contributed by atoms with Crippen molar-refractivity contribution in [2.24, 2.45) is 0 Å². The summed E-state index contributed by atoms with van der Waals surface area (Å²) in [5, 5.41) is 14.8. The van der Waals surface area contributed by atoms with Crippen LogP contribution in [0.5, 0.6) is 0 Å². The molecule has 0 aromatic heterocycles. The van der Waals surface area contributed by atoms with E-state index in [1.54, 1.807) is 12.1 Å². The highest BCUT2D eigenvalue weighted by atomic mass is 16.6. The molecule has 2 N–H and O–H groups in total. The fraction of sp³-hybridized carbons (Fsp3) is 0.500. The predicted molar refractivity (Wildman–Crippen MR) is 81.7 cm³/mol. The van der Waals surface area contributed by atoms with Crippen molar-refractivity contribution in [2.45, 2.75) is 45.9 Å². The first-order valence-electron chi connectivity index (χ1n) is 6.99. The number of carbonyl (C=O) groups is 1. The molecule has 0 saturated heterocycles. The molecule has 5 heteroatoms. The van der Waals surface area contributed by atoms with Crippen LogP contribution >= 0.6 is 0 Å². The van der Waals surface area contributed by atoms with E-state index in [1.165, 1.54) is 0 Å². The average molecular weight is 289 g/mol.